The summed E-state index contributed by atoms with van der Waals surface area (Å²) in [6, 6.07) is 12.9. The van der Waals surface area contributed by atoms with Crippen molar-refractivity contribution in [1.82, 2.24) is 4.90 Å². The van der Waals surface area contributed by atoms with Gasteiger partial charge in [-0.25, -0.2) is 0 Å². The lowest BCUT2D eigenvalue weighted by Crippen LogP contribution is -2.39. The number of nitrogens with zero attached hydrogens (tertiary/aromatic N) is 1. The molecular formula is C20H24ClNO3. The molecule has 0 aromatic heterocycles. The highest BCUT2D eigenvalue weighted by atomic mass is 35.5. The molecule has 2 aromatic rings. The van der Waals surface area contributed by atoms with Gasteiger partial charge in [-0.3, -0.25) is 4.79 Å². The zero-order chi connectivity index (χ0) is 18.6. The monoisotopic (exact) mass is 361 g/mol. The second-order valence-corrected chi connectivity index (χ2v) is 6.47. The van der Waals surface area contributed by atoms with Crippen LogP contribution in [0.5, 0.6) is 11.5 Å². The quantitative estimate of drug-likeness (QED) is 0.752. The second-order valence-electron chi connectivity index (χ2n) is 6.04. The molecule has 2 aromatic carbocycles. The van der Waals surface area contributed by atoms with Crippen LogP contribution in [0.2, 0.25) is 5.02 Å². The number of carbonyl (C=O) groups is 1. The summed E-state index contributed by atoms with van der Waals surface area (Å²) in [6.45, 7) is 5.62. The Hall–Kier alpha value is -2.20. The van der Waals surface area contributed by atoms with Crippen molar-refractivity contribution in [1.29, 1.82) is 0 Å². The van der Waals surface area contributed by atoms with Gasteiger partial charge in [-0.1, -0.05) is 29.8 Å². The van der Waals surface area contributed by atoms with E-state index >= 15 is 0 Å². The van der Waals surface area contributed by atoms with E-state index in [2.05, 4.69) is 0 Å². The van der Waals surface area contributed by atoms with Gasteiger partial charge in [-0.2, -0.15) is 0 Å². The van der Waals surface area contributed by atoms with E-state index < -0.39 is 6.10 Å². The van der Waals surface area contributed by atoms with Crippen LogP contribution in [0, 0.1) is 6.92 Å². The molecule has 0 saturated heterocycles. The van der Waals surface area contributed by atoms with Gasteiger partial charge in [0.2, 0.25) is 0 Å². The molecule has 0 N–H and O–H groups in total. The van der Waals surface area contributed by atoms with Gasteiger partial charge in [0.05, 0.1) is 13.2 Å². The van der Waals surface area contributed by atoms with Crippen molar-refractivity contribution < 1.29 is 14.3 Å². The first-order valence-corrected chi connectivity index (χ1v) is 8.55. The zero-order valence-electron chi connectivity index (χ0n) is 15.2. The number of aryl methyl sites for hydroxylation is 1. The van der Waals surface area contributed by atoms with Gasteiger partial charge in [-0.15, -0.1) is 0 Å². The third kappa shape index (κ3) is 4.45. The normalized spacial score (nSPS) is 13.0. The van der Waals surface area contributed by atoms with E-state index in [1.54, 1.807) is 38.1 Å². The minimum atomic E-state index is -0.609. The van der Waals surface area contributed by atoms with Crippen LogP contribution in [0.4, 0.5) is 0 Å². The van der Waals surface area contributed by atoms with Crippen molar-refractivity contribution in [2.24, 2.45) is 0 Å². The second kappa shape index (κ2) is 8.26. The summed E-state index contributed by atoms with van der Waals surface area (Å²) in [7, 11) is 3.40. The summed E-state index contributed by atoms with van der Waals surface area (Å²) >= 11 is 5.96. The maximum absolute atomic E-state index is 12.8. The summed E-state index contributed by atoms with van der Waals surface area (Å²) in [5.41, 5.74) is 1.85. The van der Waals surface area contributed by atoms with Gasteiger partial charge < -0.3 is 14.4 Å². The maximum Gasteiger partial charge on any atom is 0.263 e. The smallest absolute Gasteiger partial charge is 0.263 e. The summed E-state index contributed by atoms with van der Waals surface area (Å²) in [5.74, 6) is 1.31. The summed E-state index contributed by atoms with van der Waals surface area (Å²) in [4.78, 5) is 14.4. The molecule has 1 amide bonds. The molecule has 5 heteroatoms. The Morgan fingerprint density at radius 1 is 1.12 bits per heavy atom. The number of rotatable bonds is 6. The first-order valence-electron chi connectivity index (χ1n) is 8.17. The Kier molecular flexibility index (Phi) is 6.32. The molecule has 0 saturated carbocycles. The highest BCUT2D eigenvalue weighted by Crippen LogP contribution is 2.29. The number of methoxy groups -OCH3 is 1. The molecule has 0 aliphatic carbocycles. The van der Waals surface area contributed by atoms with Crippen molar-refractivity contribution in [2.45, 2.75) is 32.9 Å². The molecule has 2 unspecified atom stereocenters. The molecule has 0 radical (unpaired) electrons. The van der Waals surface area contributed by atoms with Crippen LogP contribution in [0.25, 0.3) is 0 Å². The van der Waals surface area contributed by atoms with E-state index in [0.717, 1.165) is 16.9 Å². The summed E-state index contributed by atoms with van der Waals surface area (Å²) < 4.78 is 11.2. The van der Waals surface area contributed by atoms with E-state index in [0.29, 0.717) is 10.8 Å². The van der Waals surface area contributed by atoms with Crippen LogP contribution in [0.3, 0.4) is 0 Å². The molecular weight excluding hydrogens is 338 g/mol. The molecule has 4 nitrogen and oxygen atoms in total. The lowest BCUT2D eigenvalue weighted by atomic mass is 10.1. The molecule has 0 aliphatic heterocycles. The minimum Gasteiger partial charge on any atom is -0.496 e. The van der Waals surface area contributed by atoms with E-state index in [1.807, 2.05) is 44.2 Å². The Morgan fingerprint density at radius 3 is 2.44 bits per heavy atom. The summed E-state index contributed by atoms with van der Waals surface area (Å²) in [6.07, 6.45) is -0.609. The predicted molar refractivity (Wildman–Crippen MR) is 100 cm³/mol. The van der Waals surface area contributed by atoms with Crippen molar-refractivity contribution in [3.8, 4) is 11.5 Å². The predicted octanol–water partition coefficient (Wildman–Crippen LogP) is 4.64. The fourth-order valence-electron chi connectivity index (χ4n) is 2.68. The molecule has 0 bridgehead atoms. The van der Waals surface area contributed by atoms with E-state index in [4.69, 9.17) is 21.1 Å². The third-order valence-electron chi connectivity index (χ3n) is 4.31. The van der Waals surface area contributed by atoms with Crippen LogP contribution in [0.1, 0.15) is 31.0 Å². The molecule has 2 atom stereocenters. The SMILES string of the molecule is COc1ccccc1C(C)N(C)C(=O)C(C)Oc1ccc(Cl)cc1C. The first kappa shape index (κ1) is 19.1. The van der Waals surface area contributed by atoms with Crippen LogP contribution < -0.4 is 9.47 Å². The molecule has 0 heterocycles. The van der Waals surface area contributed by atoms with Crippen molar-refractivity contribution in [2.75, 3.05) is 14.2 Å². The Balaban J connectivity index is 2.12. The van der Waals surface area contributed by atoms with Gasteiger partial charge in [0.15, 0.2) is 6.10 Å². The Labute approximate surface area is 154 Å². The number of likely N-dealkylation sites (N-methyl/N-ethyl adjacent to an activating group) is 1. The van der Waals surface area contributed by atoms with Gasteiger partial charge >= 0.3 is 0 Å². The number of benzene rings is 2. The fourth-order valence-corrected chi connectivity index (χ4v) is 2.91. The first-order chi connectivity index (χ1) is 11.8. The summed E-state index contributed by atoms with van der Waals surface area (Å²) in [5, 5.41) is 0.644. The molecule has 0 aliphatic rings. The number of para-hydroxylation sites is 1. The van der Waals surface area contributed by atoms with E-state index in [1.165, 1.54) is 0 Å². The van der Waals surface area contributed by atoms with Crippen LogP contribution >= 0.6 is 11.6 Å². The third-order valence-corrected chi connectivity index (χ3v) is 4.54. The topological polar surface area (TPSA) is 38.8 Å². The highest BCUT2D eigenvalue weighted by Gasteiger charge is 2.25. The van der Waals surface area contributed by atoms with Crippen LogP contribution in [-0.4, -0.2) is 31.1 Å². The largest absolute Gasteiger partial charge is 0.496 e. The number of hydrogen-bond acceptors (Lipinski definition) is 3. The van der Waals surface area contributed by atoms with Gasteiger partial charge in [-0.05, 0) is 50.6 Å². The average Bonchev–Trinajstić information content (AvgIpc) is 2.62. The number of amides is 1. The van der Waals surface area contributed by atoms with Crippen molar-refractivity contribution in [3.05, 3.63) is 58.6 Å². The van der Waals surface area contributed by atoms with Gasteiger partial charge in [0.25, 0.3) is 5.91 Å². The highest BCUT2D eigenvalue weighted by molar-refractivity contribution is 6.30. The van der Waals surface area contributed by atoms with Crippen molar-refractivity contribution >= 4 is 17.5 Å². The number of hydrogen-bond donors (Lipinski definition) is 0. The Bertz CT molecular complexity index is 747. The molecule has 134 valence electrons. The maximum atomic E-state index is 12.8. The van der Waals surface area contributed by atoms with Crippen LogP contribution in [-0.2, 0) is 4.79 Å². The lowest BCUT2D eigenvalue weighted by Gasteiger charge is -2.29. The standard InChI is InChI=1S/C20H24ClNO3/c1-13-12-16(21)10-11-18(13)25-15(3)20(23)22(4)14(2)17-8-6-7-9-19(17)24-5/h6-12,14-15H,1-5H3. The van der Waals surface area contributed by atoms with Crippen molar-refractivity contribution in [3.63, 3.8) is 0 Å². The number of ether oxygens (including phenoxy) is 2. The Morgan fingerprint density at radius 2 is 1.80 bits per heavy atom. The molecule has 0 spiro atoms. The van der Waals surface area contributed by atoms with Gasteiger partial charge in [0, 0.05) is 17.6 Å². The number of halogens is 1. The van der Waals surface area contributed by atoms with Crippen LogP contribution in [0.15, 0.2) is 42.5 Å². The minimum absolute atomic E-state index is 0.104. The van der Waals surface area contributed by atoms with E-state index in [9.17, 15) is 4.79 Å². The molecule has 25 heavy (non-hydrogen) atoms. The zero-order valence-corrected chi connectivity index (χ0v) is 16.0. The lowest BCUT2D eigenvalue weighted by molar-refractivity contribution is -0.138. The van der Waals surface area contributed by atoms with E-state index in [-0.39, 0.29) is 11.9 Å². The van der Waals surface area contributed by atoms with Gasteiger partial charge in [0.1, 0.15) is 11.5 Å². The fraction of sp³-hybridized carbons (Fsp3) is 0.350. The average molecular weight is 362 g/mol. The molecule has 0 fully saturated rings. The number of carbonyl (C=O) groups excluding carboxylic acids is 1. The molecule has 2 rings (SSSR count).